The summed E-state index contributed by atoms with van der Waals surface area (Å²) in [4.78, 5) is 1.40. The number of nitrogens with one attached hydrogen (secondary N) is 1. The van der Waals surface area contributed by atoms with E-state index in [0.717, 1.165) is 5.56 Å². The second kappa shape index (κ2) is 6.05. The molecule has 0 fully saturated rings. The van der Waals surface area contributed by atoms with Crippen molar-refractivity contribution in [3.63, 3.8) is 0 Å². The van der Waals surface area contributed by atoms with Gasteiger partial charge >= 0.3 is 0 Å². The molecule has 3 N–H and O–H groups in total. The average Bonchev–Trinajstić information content (AvgIpc) is 2.91. The summed E-state index contributed by atoms with van der Waals surface area (Å²) in [5.74, 6) is 0. The van der Waals surface area contributed by atoms with Crippen molar-refractivity contribution in [1.29, 1.82) is 0 Å². The molecule has 2 atom stereocenters. The van der Waals surface area contributed by atoms with Gasteiger partial charge in [0.2, 0.25) is 10.0 Å². The van der Waals surface area contributed by atoms with E-state index in [2.05, 4.69) is 18.3 Å². The van der Waals surface area contributed by atoms with E-state index in [1.54, 1.807) is 23.5 Å². The average molecular weight is 310 g/mol. The van der Waals surface area contributed by atoms with Gasteiger partial charge in [0.25, 0.3) is 0 Å². The first-order chi connectivity index (χ1) is 9.38. The van der Waals surface area contributed by atoms with Crippen LogP contribution in [0.15, 0.2) is 46.7 Å². The minimum atomic E-state index is -3.66. The molecule has 0 aliphatic carbocycles. The third-order valence-corrected chi connectivity index (χ3v) is 5.12. The van der Waals surface area contributed by atoms with Gasteiger partial charge in [-0.15, -0.1) is 11.3 Å². The molecular formula is C14H18N2O2S2. The number of nitrogens with two attached hydrogens (primary N) is 1. The van der Waals surface area contributed by atoms with Crippen LogP contribution in [0.5, 0.6) is 0 Å². The number of rotatable bonds is 5. The Balaban J connectivity index is 2.15. The van der Waals surface area contributed by atoms with E-state index in [9.17, 15) is 8.42 Å². The van der Waals surface area contributed by atoms with Gasteiger partial charge in [0.05, 0.1) is 4.90 Å². The van der Waals surface area contributed by atoms with Crippen LogP contribution < -0.4 is 10.5 Å². The van der Waals surface area contributed by atoms with E-state index in [-0.39, 0.29) is 17.0 Å². The van der Waals surface area contributed by atoms with E-state index in [4.69, 9.17) is 5.14 Å². The summed E-state index contributed by atoms with van der Waals surface area (Å²) < 4.78 is 22.8. The first kappa shape index (κ1) is 15.2. The van der Waals surface area contributed by atoms with E-state index >= 15 is 0 Å². The molecule has 1 aromatic heterocycles. The summed E-state index contributed by atoms with van der Waals surface area (Å²) in [6, 6.07) is 11.1. The van der Waals surface area contributed by atoms with Crippen LogP contribution in [0, 0.1) is 0 Å². The Hall–Kier alpha value is -1.21. The summed E-state index contributed by atoms with van der Waals surface area (Å²) in [7, 11) is -3.66. The summed E-state index contributed by atoms with van der Waals surface area (Å²) in [5, 5.41) is 10.7. The van der Waals surface area contributed by atoms with Crippen molar-refractivity contribution in [3.8, 4) is 0 Å². The molecular weight excluding hydrogens is 292 g/mol. The highest BCUT2D eigenvalue weighted by Crippen LogP contribution is 2.23. The number of hydrogen-bond acceptors (Lipinski definition) is 4. The Morgan fingerprint density at radius 2 is 1.90 bits per heavy atom. The van der Waals surface area contributed by atoms with Gasteiger partial charge in [-0.1, -0.05) is 18.2 Å². The summed E-state index contributed by atoms with van der Waals surface area (Å²) in [6.45, 7) is 4.10. The molecule has 2 aromatic rings. The monoisotopic (exact) mass is 310 g/mol. The van der Waals surface area contributed by atoms with Crippen LogP contribution in [0.4, 0.5) is 0 Å². The second-order valence-electron chi connectivity index (χ2n) is 4.74. The predicted molar refractivity (Wildman–Crippen MR) is 82.1 cm³/mol. The molecule has 0 amide bonds. The van der Waals surface area contributed by atoms with Crippen LogP contribution in [0.25, 0.3) is 0 Å². The molecule has 2 rings (SSSR count). The van der Waals surface area contributed by atoms with Gasteiger partial charge in [-0.25, -0.2) is 13.6 Å². The largest absolute Gasteiger partial charge is 0.303 e. The van der Waals surface area contributed by atoms with Gasteiger partial charge < -0.3 is 5.32 Å². The van der Waals surface area contributed by atoms with E-state index < -0.39 is 10.0 Å². The molecule has 20 heavy (non-hydrogen) atoms. The Morgan fingerprint density at radius 1 is 1.15 bits per heavy atom. The summed E-state index contributed by atoms with van der Waals surface area (Å²) >= 11 is 1.70. The molecule has 0 aliphatic rings. The number of primary sulfonamides is 1. The minimum absolute atomic E-state index is 0.0359. The van der Waals surface area contributed by atoms with Crippen LogP contribution in [0.2, 0.25) is 0 Å². The molecule has 0 bridgehead atoms. The van der Waals surface area contributed by atoms with Gasteiger partial charge in [-0.05, 0) is 43.0 Å². The zero-order valence-electron chi connectivity index (χ0n) is 11.4. The molecule has 6 heteroatoms. The first-order valence-corrected chi connectivity index (χ1v) is 8.73. The van der Waals surface area contributed by atoms with Gasteiger partial charge in [-0.3, -0.25) is 0 Å². The fraction of sp³-hybridized carbons (Fsp3) is 0.286. The highest BCUT2D eigenvalue weighted by Gasteiger charge is 2.14. The molecule has 0 spiro atoms. The van der Waals surface area contributed by atoms with Crippen LogP contribution in [0.3, 0.4) is 0 Å². The van der Waals surface area contributed by atoms with Crippen LogP contribution in [0.1, 0.15) is 36.4 Å². The Morgan fingerprint density at radius 3 is 2.50 bits per heavy atom. The Labute approximate surface area is 123 Å². The highest BCUT2D eigenvalue weighted by atomic mass is 32.2. The SMILES string of the molecule is CC(NC(C)c1cccs1)c1cccc(S(N)(=O)=O)c1. The van der Waals surface area contributed by atoms with Crippen molar-refractivity contribution < 1.29 is 8.42 Å². The zero-order chi connectivity index (χ0) is 14.8. The Kier molecular flexibility index (Phi) is 4.59. The quantitative estimate of drug-likeness (QED) is 0.892. The molecule has 4 nitrogen and oxygen atoms in total. The molecule has 0 radical (unpaired) electrons. The topological polar surface area (TPSA) is 72.2 Å². The van der Waals surface area contributed by atoms with Gasteiger partial charge in [-0.2, -0.15) is 0 Å². The maximum atomic E-state index is 11.4. The van der Waals surface area contributed by atoms with Gasteiger partial charge in [0, 0.05) is 17.0 Å². The van der Waals surface area contributed by atoms with Crippen LogP contribution in [-0.2, 0) is 10.0 Å². The molecule has 1 heterocycles. The predicted octanol–water partition coefficient (Wildman–Crippen LogP) is 2.81. The summed E-state index contributed by atoms with van der Waals surface area (Å²) in [6.07, 6.45) is 0. The fourth-order valence-electron chi connectivity index (χ4n) is 2.05. The standard InChI is InChI=1S/C14H18N2O2S2/c1-10(16-11(2)14-7-4-8-19-14)12-5-3-6-13(9-12)20(15,17)18/h3-11,16H,1-2H3,(H2,15,17,18). The second-order valence-corrected chi connectivity index (χ2v) is 7.28. The smallest absolute Gasteiger partial charge is 0.238 e. The van der Waals surface area contributed by atoms with Crippen molar-refractivity contribution in [2.24, 2.45) is 5.14 Å². The number of sulfonamides is 1. The highest BCUT2D eigenvalue weighted by molar-refractivity contribution is 7.89. The molecule has 0 saturated heterocycles. The molecule has 0 aliphatic heterocycles. The lowest BCUT2D eigenvalue weighted by molar-refractivity contribution is 0.499. The van der Waals surface area contributed by atoms with Crippen molar-refractivity contribution in [2.75, 3.05) is 0 Å². The van der Waals surface area contributed by atoms with Crippen molar-refractivity contribution in [2.45, 2.75) is 30.8 Å². The maximum absolute atomic E-state index is 11.4. The third-order valence-electron chi connectivity index (χ3n) is 3.16. The van der Waals surface area contributed by atoms with Crippen molar-refractivity contribution in [3.05, 3.63) is 52.2 Å². The van der Waals surface area contributed by atoms with Crippen LogP contribution in [-0.4, -0.2) is 8.42 Å². The van der Waals surface area contributed by atoms with Crippen molar-refractivity contribution >= 4 is 21.4 Å². The van der Waals surface area contributed by atoms with Gasteiger partial charge in [0.1, 0.15) is 0 Å². The third kappa shape index (κ3) is 3.67. The van der Waals surface area contributed by atoms with Crippen molar-refractivity contribution in [1.82, 2.24) is 5.32 Å². The lowest BCUT2D eigenvalue weighted by Crippen LogP contribution is -2.22. The lowest BCUT2D eigenvalue weighted by atomic mass is 10.1. The van der Waals surface area contributed by atoms with E-state index in [1.807, 2.05) is 24.4 Å². The number of hydrogen-bond donors (Lipinski definition) is 2. The molecule has 0 saturated carbocycles. The summed E-state index contributed by atoms with van der Waals surface area (Å²) in [5.41, 5.74) is 0.903. The van der Waals surface area contributed by atoms with E-state index in [0.29, 0.717) is 0 Å². The molecule has 2 unspecified atom stereocenters. The molecule has 108 valence electrons. The van der Waals surface area contributed by atoms with E-state index in [1.165, 1.54) is 10.9 Å². The number of benzene rings is 1. The van der Waals surface area contributed by atoms with Crippen LogP contribution >= 0.6 is 11.3 Å². The Bertz CT molecular complexity index is 666. The molecule has 1 aromatic carbocycles. The number of thiophene rings is 1. The minimum Gasteiger partial charge on any atom is -0.303 e. The normalized spacial score (nSPS) is 14.9. The van der Waals surface area contributed by atoms with Gasteiger partial charge in [0.15, 0.2) is 0 Å². The zero-order valence-corrected chi connectivity index (χ0v) is 13.0. The first-order valence-electron chi connectivity index (χ1n) is 6.30. The maximum Gasteiger partial charge on any atom is 0.238 e. The fourth-order valence-corrected chi connectivity index (χ4v) is 3.36. The lowest BCUT2D eigenvalue weighted by Gasteiger charge is -2.20.